The fourth-order valence-electron chi connectivity index (χ4n) is 6.26. The van der Waals surface area contributed by atoms with Gasteiger partial charge in [0.15, 0.2) is 6.61 Å². The molecular weight excluding hydrogens is 362 g/mol. The SMILES string of the molecule is Cc1cc(C)c(NC(=O)COC(=O)CC23CC4CC(CC(C4)C2)C3)c(Cl)c1. The van der Waals surface area contributed by atoms with Crippen molar-refractivity contribution >= 4 is 29.2 Å². The number of nitrogens with one attached hydrogen (secondary N) is 1. The van der Waals surface area contributed by atoms with Crippen molar-refractivity contribution in [2.75, 3.05) is 11.9 Å². The summed E-state index contributed by atoms with van der Waals surface area (Å²) in [7, 11) is 0. The van der Waals surface area contributed by atoms with Gasteiger partial charge in [-0.15, -0.1) is 0 Å². The van der Waals surface area contributed by atoms with E-state index in [0.29, 0.717) is 17.1 Å². The van der Waals surface area contributed by atoms with Gasteiger partial charge in [-0.2, -0.15) is 0 Å². The lowest BCUT2D eigenvalue weighted by molar-refractivity contribution is -0.154. The molecule has 1 N–H and O–H groups in total. The van der Waals surface area contributed by atoms with Gasteiger partial charge in [-0.25, -0.2) is 0 Å². The molecule has 5 rings (SSSR count). The molecule has 4 fully saturated rings. The van der Waals surface area contributed by atoms with E-state index in [1.807, 2.05) is 26.0 Å². The summed E-state index contributed by atoms with van der Waals surface area (Å²) in [6.07, 6.45) is 8.03. The first-order chi connectivity index (χ1) is 12.8. The zero-order valence-corrected chi connectivity index (χ0v) is 16.9. The molecule has 4 aliphatic carbocycles. The molecule has 0 atom stereocenters. The number of esters is 1. The van der Waals surface area contributed by atoms with E-state index >= 15 is 0 Å². The van der Waals surface area contributed by atoms with E-state index in [9.17, 15) is 9.59 Å². The lowest BCUT2D eigenvalue weighted by Crippen LogP contribution is -2.47. The van der Waals surface area contributed by atoms with Crippen LogP contribution in [0.15, 0.2) is 12.1 Å². The van der Waals surface area contributed by atoms with Crippen molar-refractivity contribution in [3.8, 4) is 0 Å². The van der Waals surface area contributed by atoms with Crippen LogP contribution in [-0.2, 0) is 14.3 Å². The molecule has 0 aliphatic heterocycles. The van der Waals surface area contributed by atoms with Crippen LogP contribution in [0.4, 0.5) is 5.69 Å². The molecule has 0 saturated heterocycles. The average Bonchev–Trinajstić information content (AvgIpc) is 2.54. The number of aryl methyl sites for hydroxylation is 2. The molecule has 1 amide bonds. The summed E-state index contributed by atoms with van der Waals surface area (Å²) in [5.74, 6) is 1.83. The predicted octanol–water partition coefficient (Wildman–Crippen LogP) is 5.05. The molecule has 4 aliphatic rings. The van der Waals surface area contributed by atoms with E-state index in [4.69, 9.17) is 16.3 Å². The number of carbonyl (C=O) groups excluding carboxylic acids is 2. The Labute approximate surface area is 166 Å². The van der Waals surface area contributed by atoms with Crippen molar-refractivity contribution in [3.63, 3.8) is 0 Å². The monoisotopic (exact) mass is 389 g/mol. The van der Waals surface area contributed by atoms with Crippen LogP contribution in [0.2, 0.25) is 5.02 Å². The maximum absolute atomic E-state index is 12.4. The van der Waals surface area contributed by atoms with Gasteiger partial charge in [0.1, 0.15) is 0 Å². The summed E-state index contributed by atoms with van der Waals surface area (Å²) in [4.78, 5) is 24.7. The second-order valence-corrected chi connectivity index (χ2v) is 9.65. The predicted molar refractivity (Wildman–Crippen MR) is 106 cm³/mol. The molecule has 4 bridgehead atoms. The average molecular weight is 390 g/mol. The summed E-state index contributed by atoms with van der Waals surface area (Å²) in [6.45, 7) is 3.60. The highest BCUT2D eigenvalue weighted by Crippen LogP contribution is 2.61. The number of amides is 1. The molecule has 1 aromatic rings. The Balaban J connectivity index is 1.30. The zero-order chi connectivity index (χ0) is 19.2. The quantitative estimate of drug-likeness (QED) is 0.717. The maximum atomic E-state index is 12.4. The lowest BCUT2D eigenvalue weighted by Gasteiger charge is -2.56. The third-order valence-electron chi connectivity index (χ3n) is 6.74. The second-order valence-electron chi connectivity index (χ2n) is 9.24. The first kappa shape index (κ1) is 18.8. The molecule has 0 radical (unpaired) electrons. The minimum atomic E-state index is -0.345. The summed E-state index contributed by atoms with van der Waals surface area (Å²) < 4.78 is 5.32. The Morgan fingerprint density at radius 2 is 1.70 bits per heavy atom. The zero-order valence-electron chi connectivity index (χ0n) is 16.1. The number of hydrogen-bond donors (Lipinski definition) is 1. The number of halogens is 1. The van der Waals surface area contributed by atoms with Gasteiger partial charge in [-0.3, -0.25) is 9.59 Å². The first-order valence-electron chi connectivity index (χ1n) is 10.0. The smallest absolute Gasteiger partial charge is 0.306 e. The van der Waals surface area contributed by atoms with Crippen LogP contribution < -0.4 is 5.32 Å². The number of ether oxygens (including phenoxy) is 1. The number of benzene rings is 1. The lowest BCUT2D eigenvalue weighted by atomic mass is 9.49. The van der Waals surface area contributed by atoms with E-state index < -0.39 is 0 Å². The molecule has 0 spiro atoms. The standard InChI is InChI=1S/C22H28ClNO3/c1-13-3-14(2)21(18(23)4-13)24-19(25)12-27-20(26)11-22-8-15-5-16(9-22)7-17(6-15)10-22/h3-4,15-17H,5-12H2,1-2H3,(H,24,25). The van der Waals surface area contributed by atoms with Gasteiger partial charge in [-0.05, 0) is 92.7 Å². The minimum Gasteiger partial charge on any atom is -0.456 e. The molecule has 0 unspecified atom stereocenters. The van der Waals surface area contributed by atoms with Gasteiger partial charge in [0.2, 0.25) is 0 Å². The van der Waals surface area contributed by atoms with Gasteiger partial charge in [0.25, 0.3) is 5.91 Å². The third kappa shape index (κ3) is 4.01. The first-order valence-corrected chi connectivity index (χ1v) is 10.4. The third-order valence-corrected chi connectivity index (χ3v) is 7.04. The van der Waals surface area contributed by atoms with Crippen LogP contribution in [-0.4, -0.2) is 18.5 Å². The topological polar surface area (TPSA) is 55.4 Å². The Hall–Kier alpha value is -1.55. The molecule has 0 heterocycles. The van der Waals surface area contributed by atoms with Gasteiger partial charge in [0, 0.05) is 0 Å². The molecule has 4 saturated carbocycles. The Morgan fingerprint density at radius 3 is 2.26 bits per heavy atom. The maximum Gasteiger partial charge on any atom is 0.306 e. The molecule has 4 nitrogen and oxygen atoms in total. The van der Waals surface area contributed by atoms with Crippen molar-refractivity contribution in [2.45, 2.75) is 58.8 Å². The van der Waals surface area contributed by atoms with E-state index in [1.165, 1.54) is 38.5 Å². The van der Waals surface area contributed by atoms with Crippen LogP contribution in [0.25, 0.3) is 0 Å². The van der Waals surface area contributed by atoms with Crippen LogP contribution in [0, 0.1) is 37.0 Å². The molecule has 146 valence electrons. The number of hydrogen-bond acceptors (Lipinski definition) is 3. The van der Waals surface area contributed by atoms with E-state index in [2.05, 4.69) is 5.32 Å². The highest BCUT2D eigenvalue weighted by atomic mass is 35.5. The highest BCUT2D eigenvalue weighted by molar-refractivity contribution is 6.34. The van der Waals surface area contributed by atoms with Crippen molar-refractivity contribution in [1.29, 1.82) is 0 Å². The Bertz CT molecular complexity index is 715. The minimum absolute atomic E-state index is 0.138. The van der Waals surface area contributed by atoms with Crippen LogP contribution in [0.1, 0.15) is 56.1 Å². The summed E-state index contributed by atoms with van der Waals surface area (Å²) in [5.41, 5.74) is 2.66. The number of anilines is 1. The van der Waals surface area contributed by atoms with Crippen molar-refractivity contribution in [2.24, 2.45) is 23.2 Å². The largest absolute Gasteiger partial charge is 0.456 e. The van der Waals surface area contributed by atoms with E-state index in [1.54, 1.807) is 0 Å². The number of rotatable bonds is 5. The van der Waals surface area contributed by atoms with Gasteiger partial charge >= 0.3 is 5.97 Å². The Kier molecular flexibility index (Phi) is 4.96. The highest BCUT2D eigenvalue weighted by Gasteiger charge is 2.51. The molecular formula is C22H28ClNO3. The fourth-order valence-corrected chi connectivity index (χ4v) is 6.63. The van der Waals surface area contributed by atoms with Crippen LogP contribution in [0.3, 0.4) is 0 Å². The van der Waals surface area contributed by atoms with Gasteiger partial charge in [-0.1, -0.05) is 17.7 Å². The van der Waals surface area contributed by atoms with Crippen molar-refractivity contribution in [1.82, 2.24) is 0 Å². The summed E-state index contributed by atoms with van der Waals surface area (Å²) in [5, 5.41) is 3.27. The Morgan fingerprint density at radius 1 is 1.11 bits per heavy atom. The van der Waals surface area contributed by atoms with Crippen LogP contribution in [0.5, 0.6) is 0 Å². The van der Waals surface area contributed by atoms with E-state index in [-0.39, 0.29) is 23.9 Å². The van der Waals surface area contributed by atoms with Crippen molar-refractivity contribution < 1.29 is 14.3 Å². The van der Waals surface area contributed by atoms with Crippen LogP contribution >= 0.6 is 11.6 Å². The van der Waals surface area contributed by atoms with E-state index in [0.717, 1.165) is 28.9 Å². The number of carbonyl (C=O) groups is 2. The normalized spacial score (nSPS) is 31.0. The fraction of sp³-hybridized carbons (Fsp3) is 0.636. The summed E-state index contributed by atoms with van der Waals surface area (Å²) >= 11 is 6.22. The molecule has 27 heavy (non-hydrogen) atoms. The molecule has 0 aromatic heterocycles. The van der Waals surface area contributed by atoms with Gasteiger partial charge < -0.3 is 10.1 Å². The van der Waals surface area contributed by atoms with Crippen molar-refractivity contribution in [3.05, 3.63) is 28.3 Å². The van der Waals surface area contributed by atoms with Gasteiger partial charge in [0.05, 0.1) is 17.1 Å². The molecule has 1 aromatic carbocycles. The second kappa shape index (κ2) is 7.12. The summed E-state index contributed by atoms with van der Waals surface area (Å²) in [6, 6.07) is 3.77. The molecule has 5 heteroatoms.